The van der Waals surface area contributed by atoms with Crippen LogP contribution in [0.3, 0.4) is 0 Å². The van der Waals surface area contributed by atoms with Gasteiger partial charge in [0, 0.05) is 42.3 Å². The summed E-state index contributed by atoms with van der Waals surface area (Å²) >= 11 is 0. The fourth-order valence-corrected chi connectivity index (χ4v) is 3.23. The van der Waals surface area contributed by atoms with Crippen LogP contribution in [0, 0.1) is 6.92 Å². The summed E-state index contributed by atoms with van der Waals surface area (Å²) in [5, 5.41) is 8.23. The van der Waals surface area contributed by atoms with E-state index >= 15 is 0 Å². The maximum absolute atomic E-state index is 12.2. The molecular weight excluding hydrogens is 390 g/mol. The van der Waals surface area contributed by atoms with Crippen molar-refractivity contribution in [2.45, 2.75) is 13.3 Å². The van der Waals surface area contributed by atoms with Crippen molar-refractivity contribution < 1.29 is 9.59 Å². The second-order valence-electron chi connectivity index (χ2n) is 7.17. The van der Waals surface area contributed by atoms with Crippen molar-refractivity contribution in [1.29, 1.82) is 0 Å². The Labute approximate surface area is 180 Å². The molecule has 0 aliphatic rings. The predicted octanol–water partition coefficient (Wildman–Crippen LogP) is 4.46. The van der Waals surface area contributed by atoms with Crippen LogP contribution in [0.15, 0.2) is 79.1 Å². The van der Waals surface area contributed by atoms with Crippen LogP contribution in [0.1, 0.15) is 12.0 Å². The summed E-state index contributed by atoms with van der Waals surface area (Å²) < 4.78 is 2.00. The molecule has 7 heteroatoms. The molecule has 31 heavy (non-hydrogen) atoms. The average Bonchev–Trinajstić information content (AvgIpc) is 3.21. The first-order valence-electron chi connectivity index (χ1n) is 10.0. The van der Waals surface area contributed by atoms with E-state index in [1.54, 1.807) is 12.1 Å². The van der Waals surface area contributed by atoms with Crippen molar-refractivity contribution in [3.05, 3.63) is 84.7 Å². The van der Waals surface area contributed by atoms with Gasteiger partial charge in [-0.05, 0) is 42.8 Å². The number of aryl methyl sites for hydroxylation is 1. The Morgan fingerprint density at radius 1 is 0.903 bits per heavy atom. The fraction of sp³-hybridized carbons (Fsp3) is 0.125. The standard InChI is InChI=1S/C24H23N5O2/c1-17-6-5-15-29-16-21(28-23(17)29)18-9-11-20(12-10-18)26-22(30)13-14-25-24(31)27-19-7-3-2-4-8-19/h2-12,15-16H,13-14H2,1H3,(H,26,30)(H2,25,27,31). The van der Waals surface area contributed by atoms with Crippen LogP contribution in [0.5, 0.6) is 0 Å². The van der Waals surface area contributed by atoms with E-state index in [4.69, 9.17) is 0 Å². The number of nitrogens with one attached hydrogen (secondary N) is 3. The van der Waals surface area contributed by atoms with E-state index in [1.165, 1.54) is 0 Å². The molecule has 0 saturated heterocycles. The number of aromatic nitrogens is 2. The van der Waals surface area contributed by atoms with Gasteiger partial charge < -0.3 is 20.4 Å². The van der Waals surface area contributed by atoms with Crippen LogP contribution in [0.4, 0.5) is 16.2 Å². The van der Waals surface area contributed by atoms with E-state index in [0.717, 1.165) is 22.5 Å². The van der Waals surface area contributed by atoms with E-state index < -0.39 is 0 Å². The normalized spacial score (nSPS) is 10.6. The third-order valence-electron chi connectivity index (χ3n) is 4.81. The number of rotatable bonds is 6. The molecule has 0 saturated carbocycles. The first kappa shape index (κ1) is 20.2. The second kappa shape index (κ2) is 9.13. The number of benzene rings is 2. The molecule has 4 rings (SSSR count). The summed E-state index contributed by atoms with van der Waals surface area (Å²) in [4.78, 5) is 28.7. The molecule has 2 aromatic heterocycles. The van der Waals surface area contributed by atoms with Gasteiger partial charge in [-0.1, -0.05) is 36.4 Å². The lowest BCUT2D eigenvalue weighted by atomic mass is 10.1. The maximum Gasteiger partial charge on any atom is 0.319 e. The minimum absolute atomic E-state index is 0.170. The number of carbonyl (C=O) groups is 2. The predicted molar refractivity (Wildman–Crippen MR) is 122 cm³/mol. The zero-order valence-corrected chi connectivity index (χ0v) is 17.1. The van der Waals surface area contributed by atoms with Crippen LogP contribution in [0.2, 0.25) is 0 Å². The number of urea groups is 1. The Bertz CT molecular complexity index is 1200. The lowest BCUT2D eigenvalue weighted by molar-refractivity contribution is -0.116. The number of fused-ring (bicyclic) bond motifs is 1. The van der Waals surface area contributed by atoms with Crippen molar-refractivity contribution >= 4 is 29.0 Å². The van der Waals surface area contributed by atoms with E-state index in [9.17, 15) is 9.59 Å². The van der Waals surface area contributed by atoms with Crippen molar-refractivity contribution in [1.82, 2.24) is 14.7 Å². The zero-order valence-electron chi connectivity index (χ0n) is 17.1. The quantitative estimate of drug-likeness (QED) is 0.436. The van der Waals surface area contributed by atoms with Gasteiger partial charge in [-0.25, -0.2) is 9.78 Å². The molecular formula is C24H23N5O2. The summed E-state index contributed by atoms with van der Waals surface area (Å²) in [5.74, 6) is -0.170. The van der Waals surface area contributed by atoms with Crippen molar-refractivity contribution in [3.8, 4) is 11.3 Å². The maximum atomic E-state index is 12.2. The molecule has 0 aliphatic carbocycles. The Morgan fingerprint density at radius 3 is 2.39 bits per heavy atom. The summed E-state index contributed by atoms with van der Waals surface area (Å²) in [6.07, 6.45) is 4.14. The lowest BCUT2D eigenvalue weighted by Gasteiger charge is -2.08. The minimum atomic E-state index is -0.342. The Kier molecular flexibility index (Phi) is 5.93. The van der Waals surface area contributed by atoms with Gasteiger partial charge in [0.05, 0.1) is 5.69 Å². The molecule has 0 unspecified atom stereocenters. The molecule has 7 nitrogen and oxygen atoms in total. The van der Waals surface area contributed by atoms with Gasteiger partial charge in [-0.2, -0.15) is 0 Å². The zero-order chi connectivity index (χ0) is 21.6. The van der Waals surface area contributed by atoms with Gasteiger partial charge in [-0.3, -0.25) is 4.79 Å². The molecule has 0 fully saturated rings. The van der Waals surface area contributed by atoms with Gasteiger partial charge in [0.15, 0.2) is 0 Å². The number of anilines is 2. The Balaban J connectivity index is 1.28. The van der Waals surface area contributed by atoms with Crippen LogP contribution in [-0.2, 0) is 4.79 Å². The molecule has 156 valence electrons. The first-order chi connectivity index (χ1) is 15.1. The number of nitrogens with zero attached hydrogens (tertiary/aromatic N) is 2. The number of carbonyl (C=O) groups excluding carboxylic acids is 2. The summed E-state index contributed by atoms with van der Waals surface area (Å²) in [7, 11) is 0. The number of hydrogen-bond acceptors (Lipinski definition) is 3. The molecule has 2 aromatic carbocycles. The van der Waals surface area contributed by atoms with Gasteiger partial charge in [0.1, 0.15) is 5.65 Å². The van der Waals surface area contributed by atoms with Gasteiger partial charge in [0.25, 0.3) is 0 Å². The molecule has 0 atom stereocenters. The summed E-state index contributed by atoms with van der Waals surface area (Å²) in [6, 6.07) is 20.4. The molecule has 2 heterocycles. The minimum Gasteiger partial charge on any atom is -0.337 e. The largest absolute Gasteiger partial charge is 0.337 e. The molecule has 0 bridgehead atoms. The highest BCUT2D eigenvalue weighted by Gasteiger charge is 2.08. The van der Waals surface area contributed by atoms with Gasteiger partial charge in [-0.15, -0.1) is 0 Å². The monoisotopic (exact) mass is 413 g/mol. The fourth-order valence-electron chi connectivity index (χ4n) is 3.23. The van der Waals surface area contributed by atoms with Crippen molar-refractivity contribution in [2.24, 2.45) is 0 Å². The molecule has 0 radical (unpaired) electrons. The van der Waals surface area contributed by atoms with Gasteiger partial charge >= 0.3 is 6.03 Å². The SMILES string of the molecule is Cc1cccn2cc(-c3ccc(NC(=O)CCNC(=O)Nc4ccccc4)cc3)nc12. The summed E-state index contributed by atoms with van der Waals surface area (Å²) in [6.45, 7) is 2.27. The van der Waals surface area contributed by atoms with E-state index in [0.29, 0.717) is 11.4 Å². The number of amides is 3. The Morgan fingerprint density at radius 2 is 1.65 bits per heavy atom. The number of pyridine rings is 1. The number of imidazole rings is 1. The van der Waals surface area contributed by atoms with E-state index in [1.807, 2.05) is 78.3 Å². The third-order valence-corrected chi connectivity index (χ3v) is 4.81. The third kappa shape index (κ3) is 5.08. The number of para-hydroxylation sites is 1. The summed E-state index contributed by atoms with van der Waals surface area (Å²) in [5.41, 5.74) is 5.29. The van der Waals surface area contributed by atoms with E-state index in [2.05, 4.69) is 20.9 Å². The lowest BCUT2D eigenvalue weighted by Crippen LogP contribution is -2.31. The molecule has 4 aromatic rings. The average molecular weight is 413 g/mol. The van der Waals surface area contributed by atoms with Crippen molar-refractivity contribution in [2.75, 3.05) is 17.2 Å². The molecule has 0 spiro atoms. The molecule has 3 amide bonds. The second-order valence-corrected chi connectivity index (χ2v) is 7.17. The molecule has 3 N–H and O–H groups in total. The van der Waals surface area contributed by atoms with Crippen LogP contribution in [0.25, 0.3) is 16.9 Å². The Hall–Kier alpha value is -4.13. The molecule has 0 aliphatic heterocycles. The van der Waals surface area contributed by atoms with Crippen LogP contribution < -0.4 is 16.0 Å². The van der Waals surface area contributed by atoms with Crippen molar-refractivity contribution in [3.63, 3.8) is 0 Å². The highest BCUT2D eigenvalue weighted by Crippen LogP contribution is 2.22. The highest BCUT2D eigenvalue weighted by atomic mass is 16.2. The highest BCUT2D eigenvalue weighted by molar-refractivity contribution is 5.92. The first-order valence-corrected chi connectivity index (χ1v) is 10.0. The van der Waals surface area contributed by atoms with Crippen LogP contribution in [-0.4, -0.2) is 27.9 Å². The smallest absolute Gasteiger partial charge is 0.319 e. The van der Waals surface area contributed by atoms with Gasteiger partial charge in [0.2, 0.25) is 5.91 Å². The van der Waals surface area contributed by atoms with Crippen LogP contribution >= 0.6 is 0 Å². The van der Waals surface area contributed by atoms with E-state index in [-0.39, 0.29) is 24.9 Å². The number of hydrogen-bond donors (Lipinski definition) is 3. The topological polar surface area (TPSA) is 87.5 Å².